The third kappa shape index (κ3) is 5.14. The van der Waals surface area contributed by atoms with E-state index in [2.05, 4.69) is 52.1 Å². The van der Waals surface area contributed by atoms with Crippen molar-refractivity contribution in [3.63, 3.8) is 0 Å². The first-order chi connectivity index (χ1) is 20.5. The van der Waals surface area contributed by atoms with Crippen LogP contribution in [-0.4, -0.2) is 35.7 Å². The zero-order chi connectivity index (χ0) is 29.1. The number of aliphatic imine (C=N–C) groups is 1. The number of hydrogen-bond acceptors (Lipinski definition) is 5. The second-order valence-electron chi connectivity index (χ2n) is 10.4. The Morgan fingerprint density at radius 1 is 0.976 bits per heavy atom. The Hall–Kier alpha value is -4.20. The summed E-state index contributed by atoms with van der Waals surface area (Å²) < 4.78 is 13.2. The summed E-state index contributed by atoms with van der Waals surface area (Å²) in [6.07, 6.45) is 1.89. The van der Waals surface area contributed by atoms with Crippen LogP contribution in [0.4, 0.5) is 0 Å². The van der Waals surface area contributed by atoms with Crippen LogP contribution in [0.1, 0.15) is 47.2 Å². The fraction of sp³-hybridized carbons (Fsp3) is 0.200. The maximum absolute atomic E-state index is 14.6. The normalized spacial score (nSPS) is 18.9. The first kappa shape index (κ1) is 27.9. The molecule has 2 N–H and O–H groups in total. The SMILES string of the molecule is C=CC[C@@]1(C(=O)NC2c3ccccc3-c3ccccc32)N=C(c2ccc(OCCCO)cc2)O[C@@H]1c1ccc(Br)cc1. The van der Waals surface area contributed by atoms with Crippen LogP contribution in [0.5, 0.6) is 5.75 Å². The summed E-state index contributed by atoms with van der Waals surface area (Å²) in [7, 11) is 0. The van der Waals surface area contributed by atoms with Crippen molar-refractivity contribution in [2.24, 2.45) is 4.99 Å². The predicted octanol–water partition coefficient (Wildman–Crippen LogP) is 6.93. The van der Waals surface area contributed by atoms with E-state index in [9.17, 15) is 4.79 Å². The largest absolute Gasteiger partial charge is 0.494 e. The lowest BCUT2D eigenvalue weighted by atomic mass is 9.84. The highest BCUT2D eigenvalue weighted by molar-refractivity contribution is 9.10. The first-order valence-electron chi connectivity index (χ1n) is 14.0. The molecule has 42 heavy (non-hydrogen) atoms. The average Bonchev–Trinajstić information content (AvgIpc) is 3.56. The van der Waals surface area contributed by atoms with Gasteiger partial charge in [0.2, 0.25) is 5.90 Å². The quantitative estimate of drug-likeness (QED) is 0.148. The standard InChI is InChI=1S/C35H31BrN2O4/c1-2-20-35(34(40)37-31-29-10-5-3-8-27(29)28-9-4-6-11-30(28)31)32(23-12-16-25(36)17-13-23)42-33(38-35)24-14-18-26(19-15-24)41-22-7-21-39/h2-6,8-19,31-32,39H,1,7,20-22H2,(H,37,40)/t32-,35-/m1/s1. The minimum absolute atomic E-state index is 0.0751. The number of halogens is 1. The molecule has 0 saturated carbocycles. The third-order valence-electron chi connectivity index (χ3n) is 7.77. The lowest BCUT2D eigenvalue weighted by Crippen LogP contribution is -2.49. The highest BCUT2D eigenvalue weighted by Crippen LogP contribution is 2.46. The number of rotatable bonds is 10. The topological polar surface area (TPSA) is 80.2 Å². The van der Waals surface area contributed by atoms with E-state index in [0.717, 1.165) is 37.9 Å². The fourth-order valence-corrected chi connectivity index (χ4v) is 6.00. The number of carbonyl (C=O) groups excluding carboxylic acids is 1. The number of hydrogen-bond donors (Lipinski definition) is 2. The Labute approximate surface area is 253 Å². The van der Waals surface area contributed by atoms with Crippen LogP contribution in [-0.2, 0) is 9.53 Å². The molecule has 212 valence electrons. The van der Waals surface area contributed by atoms with E-state index in [4.69, 9.17) is 19.6 Å². The summed E-state index contributed by atoms with van der Waals surface area (Å²) in [5.74, 6) is 0.837. The van der Waals surface area contributed by atoms with Crippen molar-refractivity contribution in [1.29, 1.82) is 0 Å². The van der Waals surface area contributed by atoms with Gasteiger partial charge < -0.3 is 19.9 Å². The molecule has 0 spiro atoms. The van der Waals surface area contributed by atoms with Gasteiger partial charge in [0.05, 0.1) is 12.6 Å². The molecule has 1 aliphatic heterocycles. The maximum Gasteiger partial charge on any atom is 0.253 e. The smallest absolute Gasteiger partial charge is 0.253 e. The summed E-state index contributed by atoms with van der Waals surface area (Å²) >= 11 is 3.52. The number of aliphatic hydroxyl groups is 1. The van der Waals surface area contributed by atoms with Gasteiger partial charge in [-0.15, -0.1) is 6.58 Å². The molecular formula is C35H31BrN2O4. The lowest BCUT2D eigenvalue weighted by Gasteiger charge is -2.31. The van der Waals surface area contributed by atoms with Gasteiger partial charge in [0.25, 0.3) is 5.91 Å². The number of nitrogens with zero attached hydrogens (tertiary/aromatic N) is 1. The van der Waals surface area contributed by atoms with Crippen molar-refractivity contribution >= 4 is 27.7 Å². The summed E-state index contributed by atoms with van der Waals surface area (Å²) in [6, 6.07) is 31.3. The van der Waals surface area contributed by atoms with Crippen molar-refractivity contribution < 1.29 is 19.4 Å². The number of nitrogens with one attached hydrogen (secondary N) is 1. The van der Waals surface area contributed by atoms with Gasteiger partial charge in [0.1, 0.15) is 5.75 Å². The molecular weight excluding hydrogens is 592 g/mol. The summed E-state index contributed by atoms with van der Waals surface area (Å²) in [6.45, 7) is 4.50. The zero-order valence-corrected chi connectivity index (χ0v) is 24.6. The van der Waals surface area contributed by atoms with Crippen LogP contribution < -0.4 is 10.1 Å². The number of aliphatic hydroxyl groups excluding tert-OH is 1. The molecule has 6 nitrogen and oxygen atoms in total. The molecule has 7 heteroatoms. The minimum atomic E-state index is -1.28. The van der Waals surface area contributed by atoms with Crippen LogP contribution in [0.15, 0.2) is 119 Å². The minimum Gasteiger partial charge on any atom is -0.494 e. The lowest BCUT2D eigenvalue weighted by molar-refractivity contribution is -0.129. The van der Waals surface area contributed by atoms with Gasteiger partial charge in [-0.05, 0) is 64.2 Å². The maximum atomic E-state index is 14.6. The Morgan fingerprint density at radius 3 is 2.24 bits per heavy atom. The molecule has 0 saturated heterocycles. The highest BCUT2D eigenvalue weighted by Gasteiger charge is 2.53. The van der Waals surface area contributed by atoms with Gasteiger partial charge in [0, 0.05) is 29.5 Å². The van der Waals surface area contributed by atoms with Crippen LogP contribution in [0.25, 0.3) is 11.1 Å². The van der Waals surface area contributed by atoms with Crippen LogP contribution >= 0.6 is 15.9 Å². The molecule has 4 aromatic carbocycles. The number of amides is 1. The van der Waals surface area contributed by atoms with Gasteiger partial charge in [0.15, 0.2) is 11.6 Å². The van der Waals surface area contributed by atoms with E-state index in [1.807, 2.05) is 72.8 Å². The van der Waals surface area contributed by atoms with Gasteiger partial charge >= 0.3 is 0 Å². The van der Waals surface area contributed by atoms with Gasteiger partial charge in [-0.3, -0.25) is 4.79 Å². The van der Waals surface area contributed by atoms with E-state index < -0.39 is 11.6 Å². The van der Waals surface area contributed by atoms with Crippen molar-refractivity contribution in [3.8, 4) is 16.9 Å². The van der Waals surface area contributed by atoms with Crippen LogP contribution in [0, 0.1) is 0 Å². The average molecular weight is 624 g/mol. The van der Waals surface area contributed by atoms with Crippen LogP contribution in [0.2, 0.25) is 0 Å². The van der Waals surface area contributed by atoms with E-state index >= 15 is 0 Å². The molecule has 0 radical (unpaired) electrons. The van der Waals surface area contributed by atoms with E-state index in [1.165, 1.54) is 0 Å². The molecule has 1 aliphatic carbocycles. The molecule has 6 rings (SSSR count). The van der Waals surface area contributed by atoms with Crippen molar-refractivity contribution in [3.05, 3.63) is 136 Å². The number of fused-ring (bicyclic) bond motifs is 3. The summed E-state index contributed by atoms with van der Waals surface area (Å²) in [5.41, 5.74) is 4.64. The summed E-state index contributed by atoms with van der Waals surface area (Å²) in [5, 5.41) is 12.4. The van der Waals surface area contributed by atoms with Crippen molar-refractivity contribution in [2.45, 2.75) is 30.5 Å². The molecule has 1 heterocycles. The Balaban J connectivity index is 1.39. The Morgan fingerprint density at radius 2 is 1.62 bits per heavy atom. The first-order valence-corrected chi connectivity index (χ1v) is 14.8. The molecule has 0 fully saturated rings. The number of benzene rings is 4. The second-order valence-corrected chi connectivity index (χ2v) is 11.3. The predicted molar refractivity (Wildman–Crippen MR) is 168 cm³/mol. The van der Waals surface area contributed by atoms with Crippen molar-refractivity contribution in [1.82, 2.24) is 5.32 Å². The van der Waals surface area contributed by atoms with E-state index in [0.29, 0.717) is 24.7 Å². The van der Waals surface area contributed by atoms with Gasteiger partial charge in [-0.1, -0.05) is 82.7 Å². The molecule has 0 aromatic heterocycles. The molecule has 2 atom stereocenters. The fourth-order valence-electron chi connectivity index (χ4n) is 5.74. The monoisotopic (exact) mass is 622 g/mol. The highest BCUT2D eigenvalue weighted by atomic mass is 79.9. The van der Waals surface area contributed by atoms with E-state index in [-0.39, 0.29) is 25.0 Å². The second kappa shape index (κ2) is 12.0. The van der Waals surface area contributed by atoms with Crippen molar-refractivity contribution in [2.75, 3.05) is 13.2 Å². The van der Waals surface area contributed by atoms with Gasteiger partial charge in [-0.2, -0.15) is 0 Å². The zero-order valence-electron chi connectivity index (χ0n) is 23.0. The van der Waals surface area contributed by atoms with Crippen LogP contribution in [0.3, 0.4) is 0 Å². The Bertz CT molecular complexity index is 1590. The molecule has 0 bridgehead atoms. The third-order valence-corrected chi connectivity index (χ3v) is 8.30. The number of ether oxygens (including phenoxy) is 2. The Kier molecular flexibility index (Phi) is 7.96. The molecule has 4 aromatic rings. The molecule has 1 amide bonds. The molecule has 2 aliphatic rings. The summed E-state index contributed by atoms with van der Waals surface area (Å²) in [4.78, 5) is 19.6. The van der Waals surface area contributed by atoms with Gasteiger partial charge in [-0.25, -0.2) is 4.99 Å². The molecule has 0 unspecified atom stereocenters. The van der Waals surface area contributed by atoms with E-state index in [1.54, 1.807) is 6.08 Å². The number of carbonyl (C=O) groups is 1.